The zero-order valence-corrected chi connectivity index (χ0v) is 11.3. The van der Waals surface area contributed by atoms with Crippen LogP contribution in [0.25, 0.3) is 0 Å². The summed E-state index contributed by atoms with van der Waals surface area (Å²) in [5.74, 6) is -1.98. The van der Waals surface area contributed by atoms with Gasteiger partial charge in [0, 0.05) is 0 Å². The molecule has 0 atom stereocenters. The molecule has 2 aromatic carbocycles. The third-order valence-electron chi connectivity index (χ3n) is 2.56. The smallest absolute Gasteiger partial charge is 0.335 e. The van der Waals surface area contributed by atoms with Gasteiger partial charge in [0.2, 0.25) is 10.0 Å². The molecule has 0 aliphatic rings. The van der Waals surface area contributed by atoms with Crippen molar-refractivity contribution in [2.45, 2.75) is 4.90 Å². The van der Waals surface area contributed by atoms with Gasteiger partial charge in [-0.15, -0.1) is 0 Å². The third-order valence-corrected chi connectivity index (χ3v) is 3.47. The van der Waals surface area contributed by atoms with E-state index in [1.807, 2.05) is 0 Å². The van der Waals surface area contributed by atoms with Crippen LogP contribution in [-0.4, -0.2) is 19.5 Å². The Bertz CT molecular complexity index is 787. The number of rotatable bonds is 4. The highest BCUT2D eigenvalue weighted by Crippen LogP contribution is 2.26. The van der Waals surface area contributed by atoms with Crippen LogP contribution in [0.4, 0.5) is 4.39 Å². The highest BCUT2D eigenvalue weighted by molar-refractivity contribution is 7.89. The number of hydrogen-bond acceptors (Lipinski definition) is 4. The first-order valence-corrected chi connectivity index (χ1v) is 7.15. The number of primary sulfonamides is 1. The lowest BCUT2D eigenvalue weighted by Gasteiger charge is -2.08. The lowest BCUT2D eigenvalue weighted by atomic mass is 10.2. The van der Waals surface area contributed by atoms with Gasteiger partial charge in [-0.2, -0.15) is 0 Å². The summed E-state index contributed by atoms with van der Waals surface area (Å²) in [6.45, 7) is 0. The van der Waals surface area contributed by atoms with Gasteiger partial charge in [-0.1, -0.05) is 0 Å². The van der Waals surface area contributed by atoms with Gasteiger partial charge in [-0.05, 0) is 42.5 Å². The summed E-state index contributed by atoms with van der Waals surface area (Å²) in [6.07, 6.45) is 0. The minimum atomic E-state index is -3.99. The van der Waals surface area contributed by atoms with Crippen LogP contribution >= 0.6 is 0 Å². The second-order valence-electron chi connectivity index (χ2n) is 4.07. The van der Waals surface area contributed by atoms with Crippen LogP contribution in [0.2, 0.25) is 0 Å². The first-order chi connectivity index (χ1) is 9.77. The molecule has 0 aliphatic heterocycles. The van der Waals surface area contributed by atoms with Crippen molar-refractivity contribution < 1.29 is 27.4 Å². The van der Waals surface area contributed by atoms with Gasteiger partial charge >= 0.3 is 5.97 Å². The predicted octanol–water partition coefficient (Wildman–Crippen LogP) is 1.96. The molecule has 0 amide bonds. The van der Waals surface area contributed by atoms with Gasteiger partial charge in [0.15, 0.2) is 11.6 Å². The molecule has 0 saturated carbocycles. The average molecular weight is 311 g/mol. The maximum atomic E-state index is 13.7. The van der Waals surface area contributed by atoms with Crippen LogP contribution in [0.5, 0.6) is 11.5 Å². The van der Waals surface area contributed by atoms with E-state index in [2.05, 4.69) is 0 Å². The van der Waals surface area contributed by atoms with E-state index in [1.54, 1.807) is 0 Å². The Morgan fingerprint density at radius 1 is 1.14 bits per heavy atom. The van der Waals surface area contributed by atoms with Gasteiger partial charge in [0.25, 0.3) is 0 Å². The lowest BCUT2D eigenvalue weighted by Crippen LogP contribution is -2.12. The molecule has 0 bridgehead atoms. The van der Waals surface area contributed by atoms with Crippen LogP contribution in [0.15, 0.2) is 47.4 Å². The zero-order chi connectivity index (χ0) is 15.6. The molecule has 0 heterocycles. The van der Waals surface area contributed by atoms with Crippen LogP contribution in [0.1, 0.15) is 10.4 Å². The van der Waals surface area contributed by atoms with Crippen LogP contribution in [0, 0.1) is 5.82 Å². The molecule has 0 saturated heterocycles. The van der Waals surface area contributed by atoms with Gasteiger partial charge < -0.3 is 9.84 Å². The van der Waals surface area contributed by atoms with Crippen molar-refractivity contribution in [2.24, 2.45) is 5.14 Å². The van der Waals surface area contributed by atoms with Crippen molar-refractivity contribution in [1.82, 2.24) is 0 Å². The van der Waals surface area contributed by atoms with Crippen molar-refractivity contribution in [1.29, 1.82) is 0 Å². The van der Waals surface area contributed by atoms with Crippen LogP contribution in [-0.2, 0) is 10.0 Å². The second-order valence-corrected chi connectivity index (χ2v) is 5.63. The number of carboxylic acid groups (broad SMARTS) is 1. The maximum Gasteiger partial charge on any atom is 0.335 e. The molecule has 8 heteroatoms. The first-order valence-electron chi connectivity index (χ1n) is 5.61. The largest absolute Gasteiger partial charge is 0.478 e. The fourth-order valence-electron chi connectivity index (χ4n) is 1.53. The highest BCUT2D eigenvalue weighted by atomic mass is 32.2. The Morgan fingerprint density at radius 2 is 1.76 bits per heavy atom. The Kier molecular flexibility index (Phi) is 3.92. The number of benzene rings is 2. The topological polar surface area (TPSA) is 107 Å². The molecule has 110 valence electrons. The van der Waals surface area contributed by atoms with Gasteiger partial charge in [0.1, 0.15) is 5.75 Å². The van der Waals surface area contributed by atoms with Crippen molar-refractivity contribution in [2.75, 3.05) is 0 Å². The quantitative estimate of drug-likeness (QED) is 0.897. The summed E-state index contributed by atoms with van der Waals surface area (Å²) in [6, 6.07) is 8.30. The van der Waals surface area contributed by atoms with Crippen molar-refractivity contribution in [3.8, 4) is 11.5 Å². The van der Waals surface area contributed by atoms with E-state index in [4.69, 9.17) is 15.0 Å². The fourth-order valence-corrected chi connectivity index (χ4v) is 2.06. The molecular weight excluding hydrogens is 301 g/mol. The molecule has 3 N–H and O–H groups in total. The molecule has 0 aromatic heterocycles. The van der Waals surface area contributed by atoms with Gasteiger partial charge in [0.05, 0.1) is 10.5 Å². The van der Waals surface area contributed by atoms with Crippen molar-refractivity contribution in [3.05, 3.63) is 53.8 Å². The summed E-state index contributed by atoms with van der Waals surface area (Å²) < 4.78 is 41.1. The molecule has 2 rings (SSSR count). The number of sulfonamides is 1. The second kappa shape index (κ2) is 5.51. The average Bonchev–Trinajstić information content (AvgIpc) is 2.40. The maximum absolute atomic E-state index is 13.7. The molecule has 0 fully saturated rings. The Labute approximate surface area is 119 Å². The van der Waals surface area contributed by atoms with E-state index in [9.17, 15) is 17.6 Å². The summed E-state index contributed by atoms with van der Waals surface area (Å²) in [5, 5.41) is 13.6. The van der Waals surface area contributed by atoms with Crippen molar-refractivity contribution in [3.63, 3.8) is 0 Å². The summed E-state index contributed by atoms with van der Waals surface area (Å²) in [5.41, 5.74) is 0.0624. The molecule has 6 nitrogen and oxygen atoms in total. The Morgan fingerprint density at radius 3 is 2.24 bits per heavy atom. The summed E-state index contributed by atoms with van der Waals surface area (Å²) in [7, 11) is -3.99. The minimum Gasteiger partial charge on any atom is -0.478 e. The molecule has 0 unspecified atom stereocenters. The first kappa shape index (κ1) is 14.9. The van der Waals surface area contributed by atoms with Crippen LogP contribution < -0.4 is 9.88 Å². The number of nitrogens with two attached hydrogens (primary N) is 1. The highest BCUT2D eigenvalue weighted by Gasteiger charge is 2.13. The Hall–Kier alpha value is -2.45. The normalized spacial score (nSPS) is 11.1. The fraction of sp³-hybridized carbons (Fsp3) is 0. The predicted molar refractivity (Wildman–Crippen MR) is 71.2 cm³/mol. The summed E-state index contributed by atoms with van der Waals surface area (Å²) in [4.78, 5) is 10.3. The van der Waals surface area contributed by atoms with E-state index < -0.39 is 21.8 Å². The molecule has 0 radical (unpaired) electrons. The molecular formula is C13H10FNO5S. The number of halogens is 1. The van der Waals surface area contributed by atoms with Gasteiger partial charge in [-0.3, -0.25) is 0 Å². The number of carbonyl (C=O) groups is 1. The monoisotopic (exact) mass is 311 g/mol. The number of ether oxygens (including phenoxy) is 1. The molecule has 21 heavy (non-hydrogen) atoms. The van der Waals surface area contributed by atoms with Gasteiger partial charge in [-0.25, -0.2) is 22.7 Å². The summed E-state index contributed by atoms with van der Waals surface area (Å²) >= 11 is 0. The number of aromatic carboxylic acids is 1. The van der Waals surface area contributed by atoms with E-state index in [1.165, 1.54) is 24.3 Å². The molecule has 0 aliphatic carbocycles. The SMILES string of the molecule is NS(=O)(=O)c1ccc(Oc2ccc(C(=O)O)cc2)c(F)c1. The number of hydrogen-bond donors (Lipinski definition) is 2. The molecule has 2 aromatic rings. The number of carboxylic acids is 1. The van der Waals surface area contributed by atoms with Crippen molar-refractivity contribution >= 4 is 16.0 Å². The third kappa shape index (κ3) is 3.56. The van der Waals surface area contributed by atoms with Crippen LogP contribution in [0.3, 0.4) is 0 Å². The Balaban J connectivity index is 2.26. The van der Waals surface area contributed by atoms with E-state index in [-0.39, 0.29) is 22.0 Å². The molecule has 0 spiro atoms. The van der Waals surface area contributed by atoms with E-state index >= 15 is 0 Å². The minimum absolute atomic E-state index is 0.0624. The zero-order valence-electron chi connectivity index (χ0n) is 10.5. The lowest BCUT2D eigenvalue weighted by molar-refractivity contribution is 0.0697. The standard InChI is InChI=1S/C13H10FNO5S/c14-11-7-10(21(15,18)19)5-6-12(11)20-9-3-1-8(2-4-9)13(16)17/h1-7H,(H,16,17)(H2,15,18,19). The van der Waals surface area contributed by atoms with E-state index in [0.29, 0.717) is 0 Å². The van der Waals surface area contributed by atoms with E-state index in [0.717, 1.165) is 18.2 Å².